The highest BCUT2D eigenvalue weighted by Gasteiger charge is 2.33. The van der Waals surface area contributed by atoms with Crippen molar-refractivity contribution in [2.45, 2.75) is 12.6 Å². The van der Waals surface area contributed by atoms with E-state index in [4.69, 9.17) is 10.7 Å². The lowest BCUT2D eigenvalue weighted by atomic mass is 9.90. The van der Waals surface area contributed by atoms with E-state index in [0.29, 0.717) is 18.0 Å². The fourth-order valence-electron chi connectivity index (χ4n) is 5.16. The van der Waals surface area contributed by atoms with Crippen LogP contribution in [0.15, 0.2) is 73.7 Å². The number of carbonyl (C=O) groups excluding carboxylic acids is 1. The number of carbonyl (C=O) groups is 1. The number of rotatable bonds is 4. The Hall–Kier alpha value is -4.29. The number of aromatic nitrogens is 4. The highest BCUT2D eigenvalue weighted by atomic mass is 31.2. The van der Waals surface area contributed by atoms with Crippen LogP contribution in [0, 0.1) is 0 Å². The van der Waals surface area contributed by atoms with Gasteiger partial charge in [-0.05, 0) is 43.2 Å². The predicted molar refractivity (Wildman–Crippen MR) is 148 cm³/mol. The molecule has 0 bridgehead atoms. The molecule has 1 aliphatic heterocycles. The number of fused-ring (bicyclic) bond motifs is 6. The van der Waals surface area contributed by atoms with E-state index in [-0.39, 0.29) is 11.9 Å². The molecule has 0 fully saturated rings. The summed E-state index contributed by atoms with van der Waals surface area (Å²) in [6.45, 7) is 7.54. The fourth-order valence-corrected chi connectivity index (χ4v) is 6.04. The molecule has 1 amide bonds. The molecular formula is C28H25N6O2P. The van der Waals surface area contributed by atoms with Gasteiger partial charge in [0, 0.05) is 40.1 Å². The lowest BCUT2D eigenvalue weighted by Crippen LogP contribution is -2.33. The molecule has 2 aromatic carbocycles. The summed E-state index contributed by atoms with van der Waals surface area (Å²) >= 11 is 0. The number of nitrogens with one attached hydrogen (secondary N) is 1. The zero-order valence-corrected chi connectivity index (χ0v) is 21.4. The summed E-state index contributed by atoms with van der Waals surface area (Å²) in [6, 6.07) is 15.5. The molecule has 0 spiro atoms. The Morgan fingerprint density at radius 2 is 1.97 bits per heavy atom. The van der Waals surface area contributed by atoms with Gasteiger partial charge in [-0.25, -0.2) is 9.97 Å². The van der Waals surface area contributed by atoms with Crippen molar-refractivity contribution in [3.8, 4) is 22.4 Å². The Morgan fingerprint density at radius 3 is 2.76 bits per heavy atom. The molecule has 9 heteroatoms. The molecule has 1 atom stereocenters. The number of anilines is 1. The van der Waals surface area contributed by atoms with Crippen LogP contribution in [0.5, 0.6) is 0 Å². The molecule has 1 aliphatic rings. The Balaban J connectivity index is 1.72. The molecule has 4 heterocycles. The summed E-state index contributed by atoms with van der Waals surface area (Å²) in [6.07, 6.45) is 4.54. The van der Waals surface area contributed by atoms with Gasteiger partial charge >= 0.3 is 0 Å². The van der Waals surface area contributed by atoms with Crippen LogP contribution in [0.25, 0.3) is 44.3 Å². The Kier molecular flexibility index (Phi) is 5.24. The Morgan fingerprint density at radius 1 is 1.16 bits per heavy atom. The Bertz CT molecular complexity index is 1800. The summed E-state index contributed by atoms with van der Waals surface area (Å²) in [7, 11) is -2.57. The van der Waals surface area contributed by atoms with Gasteiger partial charge in [0.05, 0.1) is 22.6 Å². The summed E-state index contributed by atoms with van der Waals surface area (Å²) in [5, 5.41) is 5.51. The normalized spacial score (nSPS) is 14.8. The molecule has 3 aromatic heterocycles. The maximum absolute atomic E-state index is 13.1. The van der Waals surface area contributed by atoms with Crippen molar-refractivity contribution in [1.29, 1.82) is 0 Å². The van der Waals surface area contributed by atoms with Crippen LogP contribution in [0.1, 0.15) is 11.6 Å². The fraction of sp³-hybridized carbons (Fsp3) is 0.143. The van der Waals surface area contributed by atoms with Crippen molar-refractivity contribution in [3.05, 3.63) is 79.3 Å². The molecule has 37 heavy (non-hydrogen) atoms. The zero-order chi connectivity index (χ0) is 25.9. The van der Waals surface area contributed by atoms with Crippen molar-refractivity contribution in [2.24, 2.45) is 0 Å². The van der Waals surface area contributed by atoms with Gasteiger partial charge in [0.2, 0.25) is 5.91 Å². The lowest BCUT2D eigenvalue weighted by molar-refractivity contribution is -0.117. The number of benzene rings is 2. The summed E-state index contributed by atoms with van der Waals surface area (Å²) in [5.41, 5.74) is 12.4. The summed E-state index contributed by atoms with van der Waals surface area (Å²) < 4.78 is 15.2. The molecule has 0 aliphatic carbocycles. The molecule has 8 nitrogen and oxygen atoms in total. The number of hydrogen-bond acceptors (Lipinski definition) is 6. The minimum atomic E-state index is -2.57. The average Bonchev–Trinajstić information content (AvgIpc) is 3.23. The van der Waals surface area contributed by atoms with Gasteiger partial charge < -0.3 is 20.2 Å². The SMILES string of the molecule is C=CC(=O)NC1Cn2c(c(-c3cnc4ccccc4c3)c3c(N)ncnc32)-c2cc(P(C)(C)=O)ccc21. The van der Waals surface area contributed by atoms with Gasteiger partial charge in [0.25, 0.3) is 0 Å². The first-order valence-electron chi connectivity index (χ1n) is 11.9. The third-order valence-electron chi connectivity index (χ3n) is 6.90. The predicted octanol–water partition coefficient (Wildman–Crippen LogP) is 4.50. The minimum absolute atomic E-state index is 0.273. The van der Waals surface area contributed by atoms with Crippen molar-refractivity contribution in [3.63, 3.8) is 0 Å². The Labute approximate surface area is 213 Å². The van der Waals surface area contributed by atoms with Gasteiger partial charge in [-0.2, -0.15) is 0 Å². The molecule has 5 aromatic rings. The third kappa shape index (κ3) is 3.72. The molecule has 6 rings (SSSR count). The number of para-hydroxylation sites is 1. The molecule has 3 N–H and O–H groups in total. The average molecular weight is 509 g/mol. The van der Waals surface area contributed by atoms with Crippen LogP contribution in [0.2, 0.25) is 0 Å². The van der Waals surface area contributed by atoms with E-state index < -0.39 is 7.14 Å². The standard InChI is InChI=1S/C28H25N6O2P/c1-4-23(35)33-22-14-34-26(20-12-18(37(2,3)36)9-10-19(20)22)24(25-27(29)31-15-32-28(25)34)17-11-16-7-5-6-8-21(16)30-13-17/h4-13,15,22H,1,14H2,2-3H3,(H,33,35)(H2,29,31,32). The molecular weight excluding hydrogens is 483 g/mol. The van der Waals surface area contributed by atoms with E-state index in [2.05, 4.69) is 32.5 Å². The first-order chi connectivity index (χ1) is 17.8. The van der Waals surface area contributed by atoms with E-state index in [1.165, 1.54) is 12.4 Å². The quantitative estimate of drug-likeness (QED) is 0.273. The molecule has 0 saturated heterocycles. The smallest absolute Gasteiger partial charge is 0.243 e. The highest BCUT2D eigenvalue weighted by molar-refractivity contribution is 7.70. The van der Waals surface area contributed by atoms with E-state index in [1.54, 1.807) is 13.3 Å². The molecule has 1 unspecified atom stereocenters. The van der Waals surface area contributed by atoms with E-state index >= 15 is 0 Å². The second-order valence-corrected chi connectivity index (χ2v) is 12.8. The number of pyridine rings is 1. The van der Waals surface area contributed by atoms with Crippen molar-refractivity contribution >= 4 is 46.1 Å². The van der Waals surface area contributed by atoms with Gasteiger partial charge in [0.1, 0.15) is 24.9 Å². The molecule has 0 saturated carbocycles. The second kappa shape index (κ2) is 8.39. The molecule has 184 valence electrons. The summed E-state index contributed by atoms with van der Waals surface area (Å²) in [5.74, 6) is 0.0841. The zero-order valence-electron chi connectivity index (χ0n) is 20.5. The van der Waals surface area contributed by atoms with Gasteiger partial charge in [0.15, 0.2) is 0 Å². The third-order valence-corrected chi connectivity index (χ3v) is 8.43. The molecule has 0 radical (unpaired) electrons. The van der Waals surface area contributed by atoms with Gasteiger partial charge in [-0.15, -0.1) is 0 Å². The number of nitrogen functional groups attached to an aromatic ring is 1. The van der Waals surface area contributed by atoms with Crippen LogP contribution < -0.4 is 16.4 Å². The van der Waals surface area contributed by atoms with Gasteiger partial charge in [-0.1, -0.05) is 36.9 Å². The minimum Gasteiger partial charge on any atom is -0.383 e. The maximum Gasteiger partial charge on any atom is 0.243 e. The maximum atomic E-state index is 13.1. The van der Waals surface area contributed by atoms with E-state index in [9.17, 15) is 9.36 Å². The van der Waals surface area contributed by atoms with Gasteiger partial charge in [-0.3, -0.25) is 9.78 Å². The first kappa shape index (κ1) is 23.1. The first-order valence-corrected chi connectivity index (χ1v) is 14.5. The number of nitrogens with zero attached hydrogens (tertiary/aromatic N) is 4. The van der Waals surface area contributed by atoms with Crippen molar-refractivity contribution < 1.29 is 9.36 Å². The van der Waals surface area contributed by atoms with E-state index in [1.807, 2.05) is 48.7 Å². The van der Waals surface area contributed by atoms with Crippen molar-refractivity contribution in [1.82, 2.24) is 24.8 Å². The number of amides is 1. The van der Waals surface area contributed by atoms with E-state index in [0.717, 1.165) is 49.5 Å². The topological polar surface area (TPSA) is 116 Å². The number of nitrogens with two attached hydrogens (primary N) is 1. The number of hydrogen-bond donors (Lipinski definition) is 2. The lowest BCUT2D eigenvalue weighted by Gasteiger charge is -2.30. The van der Waals surface area contributed by atoms with Crippen molar-refractivity contribution in [2.75, 3.05) is 19.1 Å². The van der Waals surface area contributed by atoms with Crippen LogP contribution in [0.3, 0.4) is 0 Å². The summed E-state index contributed by atoms with van der Waals surface area (Å²) in [4.78, 5) is 26.0. The van der Waals surface area contributed by atoms with Crippen LogP contribution in [-0.4, -0.2) is 38.8 Å². The highest BCUT2D eigenvalue weighted by Crippen LogP contribution is 2.48. The second-order valence-electron chi connectivity index (χ2n) is 9.60. The van der Waals surface area contributed by atoms with Crippen LogP contribution in [0.4, 0.5) is 5.82 Å². The monoisotopic (exact) mass is 508 g/mol. The van der Waals surface area contributed by atoms with Crippen LogP contribution >= 0.6 is 7.14 Å². The largest absolute Gasteiger partial charge is 0.383 e. The van der Waals surface area contributed by atoms with Crippen LogP contribution in [-0.2, 0) is 15.9 Å².